The van der Waals surface area contributed by atoms with Crippen molar-refractivity contribution in [2.45, 2.75) is 0 Å². The summed E-state index contributed by atoms with van der Waals surface area (Å²) >= 11 is 0. The molecule has 0 fully saturated rings. The number of para-hydroxylation sites is 4. The second kappa shape index (κ2) is 13.8. The van der Waals surface area contributed by atoms with Gasteiger partial charge in [0.05, 0.1) is 11.1 Å². The van der Waals surface area contributed by atoms with Gasteiger partial charge in [0.15, 0.2) is 17.5 Å². The average Bonchev–Trinajstić information content (AvgIpc) is 3.90. The van der Waals surface area contributed by atoms with Crippen molar-refractivity contribution in [2.75, 3.05) is 0 Å². The monoisotopic (exact) mass is 767 g/mol. The van der Waals surface area contributed by atoms with Crippen molar-refractivity contribution in [3.05, 3.63) is 200 Å². The molecule has 0 radical (unpaired) electrons. The van der Waals surface area contributed by atoms with E-state index in [2.05, 4.69) is 127 Å². The van der Waals surface area contributed by atoms with E-state index in [1.807, 2.05) is 72.8 Å². The predicted molar refractivity (Wildman–Crippen MR) is 245 cm³/mol. The van der Waals surface area contributed by atoms with Crippen LogP contribution >= 0.6 is 0 Å². The molecule has 5 heteroatoms. The number of fused-ring (bicyclic) bond motifs is 7. The molecule has 0 aliphatic rings. The van der Waals surface area contributed by atoms with Crippen molar-refractivity contribution in [3.8, 4) is 67.5 Å². The van der Waals surface area contributed by atoms with Crippen molar-refractivity contribution in [3.63, 3.8) is 0 Å². The van der Waals surface area contributed by atoms with Gasteiger partial charge >= 0.3 is 0 Å². The zero-order valence-corrected chi connectivity index (χ0v) is 32.2. The van der Waals surface area contributed by atoms with Crippen LogP contribution in [0.25, 0.3) is 122 Å². The van der Waals surface area contributed by atoms with Gasteiger partial charge in [0.2, 0.25) is 0 Å². The Labute approximate surface area is 344 Å². The minimum atomic E-state index is 0.509. The van der Waals surface area contributed by atoms with Crippen LogP contribution < -0.4 is 0 Å². The van der Waals surface area contributed by atoms with E-state index in [1.54, 1.807) is 0 Å². The van der Waals surface area contributed by atoms with Gasteiger partial charge in [-0.1, -0.05) is 164 Å². The first-order valence-electron chi connectivity index (χ1n) is 20.1. The van der Waals surface area contributed by atoms with Crippen LogP contribution in [0, 0.1) is 0 Å². The number of aromatic nitrogens is 3. The zero-order valence-electron chi connectivity index (χ0n) is 32.2. The average molecular weight is 768 g/mol. The van der Waals surface area contributed by atoms with Gasteiger partial charge in [0.1, 0.15) is 22.3 Å². The lowest BCUT2D eigenvalue weighted by molar-refractivity contribution is 0.669. The van der Waals surface area contributed by atoms with Crippen LogP contribution in [-0.4, -0.2) is 15.0 Å². The Bertz CT molecular complexity index is 3470. The molecular weight excluding hydrogens is 735 g/mol. The smallest absolute Gasteiger partial charge is 0.167 e. The molecule has 60 heavy (non-hydrogen) atoms. The molecule has 3 heterocycles. The summed E-state index contributed by atoms with van der Waals surface area (Å²) in [5.74, 6) is 1.57. The Kier molecular flexibility index (Phi) is 7.78. The summed E-state index contributed by atoms with van der Waals surface area (Å²) < 4.78 is 13.2. The Morgan fingerprint density at radius 1 is 0.283 bits per heavy atom. The van der Waals surface area contributed by atoms with E-state index in [4.69, 9.17) is 23.8 Å². The van der Waals surface area contributed by atoms with Gasteiger partial charge < -0.3 is 8.83 Å². The number of benzene rings is 9. The third-order valence-corrected chi connectivity index (χ3v) is 11.6. The summed E-state index contributed by atoms with van der Waals surface area (Å²) in [5, 5.41) is 6.20. The molecular formula is C55H33N3O2. The van der Waals surface area contributed by atoms with Gasteiger partial charge in [-0.3, -0.25) is 0 Å². The number of furan rings is 2. The first kappa shape index (κ1) is 33.9. The highest BCUT2D eigenvalue weighted by atomic mass is 16.3. The Morgan fingerprint density at radius 3 is 1.38 bits per heavy atom. The largest absolute Gasteiger partial charge is 0.455 e. The lowest BCUT2D eigenvalue weighted by atomic mass is 9.90. The van der Waals surface area contributed by atoms with Crippen molar-refractivity contribution in [1.82, 2.24) is 15.0 Å². The molecule has 0 aliphatic heterocycles. The molecule has 0 spiro atoms. The first-order chi connectivity index (χ1) is 29.7. The Balaban J connectivity index is 1.16. The molecule has 280 valence electrons. The quantitative estimate of drug-likeness (QED) is 0.169. The third kappa shape index (κ3) is 5.59. The maximum absolute atomic E-state index is 6.59. The van der Waals surface area contributed by atoms with Crippen molar-refractivity contribution in [2.24, 2.45) is 0 Å². The fourth-order valence-corrected chi connectivity index (χ4v) is 8.69. The highest BCUT2D eigenvalue weighted by molar-refractivity contribution is 6.11. The van der Waals surface area contributed by atoms with Gasteiger partial charge in [0, 0.05) is 27.1 Å². The van der Waals surface area contributed by atoms with Crippen LogP contribution in [0.2, 0.25) is 0 Å². The molecule has 9 aromatic carbocycles. The van der Waals surface area contributed by atoms with E-state index in [1.165, 1.54) is 0 Å². The normalized spacial score (nSPS) is 11.7. The zero-order chi connectivity index (χ0) is 39.6. The third-order valence-electron chi connectivity index (χ3n) is 11.6. The number of hydrogen-bond donors (Lipinski definition) is 0. The summed E-state index contributed by atoms with van der Waals surface area (Å²) in [4.78, 5) is 16.1. The number of nitrogens with zero attached hydrogens (tertiary/aromatic N) is 3. The second-order valence-corrected chi connectivity index (χ2v) is 15.1. The van der Waals surface area contributed by atoms with Gasteiger partial charge in [0.25, 0.3) is 0 Å². The van der Waals surface area contributed by atoms with Crippen LogP contribution in [0.1, 0.15) is 0 Å². The fraction of sp³-hybridized carbons (Fsp3) is 0. The van der Waals surface area contributed by atoms with Gasteiger partial charge in [-0.15, -0.1) is 0 Å². The molecule has 3 aromatic heterocycles. The maximum atomic E-state index is 6.59. The standard InChI is InChI=1S/C55H33N3O2/c1-3-14-34(15-4-1)36-18-11-19-38(32-36)40-31-29-39-33-37(35-16-5-2-6-17-35)28-30-41(39)50(40)55-57-53(46-24-12-22-44-42-20-7-9-26-48(42)59-51(44)46)56-54(58-55)47-25-13-23-45-43-21-8-10-27-49(43)60-52(45)47/h1-33H. The van der Waals surface area contributed by atoms with Crippen LogP contribution in [0.5, 0.6) is 0 Å². The van der Waals surface area contributed by atoms with E-state index in [0.717, 1.165) is 105 Å². The van der Waals surface area contributed by atoms with E-state index in [0.29, 0.717) is 17.5 Å². The van der Waals surface area contributed by atoms with E-state index < -0.39 is 0 Å². The highest BCUT2D eigenvalue weighted by Gasteiger charge is 2.23. The van der Waals surface area contributed by atoms with Crippen LogP contribution in [0.4, 0.5) is 0 Å². The van der Waals surface area contributed by atoms with Gasteiger partial charge in [-0.2, -0.15) is 0 Å². The summed E-state index contributed by atoms with van der Waals surface area (Å²) in [6, 6.07) is 69.4. The summed E-state index contributed by atoms with van der Waals surface area (Å²) in [7, 11) is 0. The lowest BCUT2D eigenvalue weighted by Crippen LogP contribution is -2.02. The SMILES string of the molecule is c1ccc(-c2cccc(-c3ccc4cc(-c5ccccc5)ccc4c3-c3nc(-c4cccc5c4oc4ccccc45)nc(-c4cccc5c4oc4ccccc45)n3)c2)cc1. The van der Waals surface area contributed by atoms with Gasteiger partial charge in [-0.25, -0.2) is 15.0 Å². The predicted octanol–water partition coefficient (Wildman–Crippen LogP) is 14.8. The molecule has 12 aromatic rings. The molecule has 0 amide bonds. The van der Waals surface area contributed by atoms with Gasteiger partial charge in [-0.05, 0) is 80.6 Å². The summed E-state index contributed by atoms with van der Waals surface area (Å²) in [6.07, 6.45) is 0. The molecule has 0 unspecified atom stereocenters. The van der Waals surface area contributed by atoms with E-state index >= 15 is 0 Å². The number of hydrogen-bond acceptors (Lipinski definition) is 5. The second-order valence-electron chi connectivity index (χ2n) is 15.1. The van der Waals surface area contributed by atoms with Crippen LogP contribution in [0.15, 0.2) is 209 Å². The maximum Gasteiger partial charge on any atom is 0.167 e. The van der Waals surface area contributed by atoms with E-state index in [-0.39, 0.29) is 0 Å². The summed E-state index contributed by atoms with van der Waals surface area (Å²) in [6.45, 7) is 0. The molecule has 0 aliphatic carbocycles. The van der Waals surface area contributed by atoms with Crippen LogP contribution in [-0.2, 0) is 0 Å². The van der Waals surface area contributed by atoms with Crippen molar-refractivity contribution in [1.29, 1.82) is 0 Å². The molecule has 0 saturated heterocycles. The molecule has 0 bridgehead atoms. The molecule has 0 atom stereocenters. The minimum absolute atomic E-state index is 0.509. The van der Waals surface area contributed by atoms with Crippen LogP contribution in [0.3, 0.4) is 0 Å². The lowest BCUT2D eigenvalue weighted by Gasteiger charge is -2.16. The topological polar surface area (TPSA) is 65.0 Å². The Hall–Kier alpha value is -8.15. The minimum Gasteiger partial charge on any atom is -0.455 e. The van der Waals surface area contributed by atoms with Crippen molar-refractivity contribution < 1.29 is 8.83 Å². The molecule has 5 nitrogen and oxygen atoms in total. The highest BCUT2D eigenvalue weighted by Crippen LogP contribution is 2.43. The fourth-order valence-electron chi connectivity index (χ4n) is 8.69. The first-order valence-corrected chi connectivity index (χ1v) is 20.1. The van der Waals surface area contributed by atoms with Crippen molar-refractivity contribution >= 4 is 54.6 Å². The molecule has 0 N–H and O–H groups in total. The molecule has 12 rings (SSSR count). The summed E-state index contributed by atoms with van der Waals surface area (Å²) in [5.41, 5.74) is 12.2. The number of rotatable bonds is 6. The Morgan fingerprint density at radius 2 is 0.767 bits per heavy atom. The van der Waals surface area contributed by atoms with E-state index in [9.17, 15) is 0 Å². The molecule has 0 saturated carbocycles.